The molecule has 2 rings (SSSR count). The summed E-state index contributed by atoms with van der Waals surface area (Å²) in [6.07, 6.45) is 3.00. The molecule has 1 aromatic heterocycles. The van der Waals surface area contributed by atoms with Crippen LogP contribution in [0.2, 0.25) is 10.0 Å². The van der Waals surface area contributed by atoms with Crippen LogP contribution < -0.4 is 5.32 Å². The van der Waals surface area contributed by atoms with Gasteiger partial charge in [-0.05, 0) is 17.7 Å². The van der Waals surface area contributed by atoms with E-state index in [0.29, 0.717) is 22.4 Å². The van der Waals surface area contributed by atoms with Crippen molar-refractivity contribution < 1.29 is 0 Å². The van der Waals surface area contributed by atoms with E-state index >= 15 is 0 Å². The summed E-state index contributed by atoms with van der Waals surface area (Å²) in [6, 6.07) is 7.61. The minimum Gasteiger partial charge on any atom is -0.365 e. The van der Waals surface area contributed by atoms with E-state index in [2.05, 4.69) is 15.3 Å². The number of aromatic nitrogens is 2. The van der Waals surface area contributed by atoms with Gasteiger partial charge in [-0.1, -0.05) is 35.3 Å². The number of nitrogens with zero attached hydrogens (tertiary/aromatic N) is 2. The summed E-state index contributed by atoms with van der Waals surface area (Å²) in [5.41, 5.74) is 1.07. The molecule has 0 spiro atoms. The zero-order valence-electron chi connectivity index (χ0n) is 8.32. The van der Waals surface area contributed by atoms with Gasteiger partial charge in [-0.2, -0.15) is 0 Å². The average Bonchev–Trinajstić information content (AvgIpc) is 2.28. The Morgan fingerprint density at radius 2 is 2.12 bits per heavy atom. The monoisotopic (exact) mass is 253 g/mol. The number of halogens is 2. The first-order chi connectivity index (χ1) is 7.75. The van der Waals surface area contributed by atoms with Gasteiger partial charge in [0.15, 0.2) is 0 Å². The van der Waals surface area contributed by atoms with Crippen molar-refractivity contribution in [3.8, 4) is 0 Å². The van der Waals surface area contributed by atoms with E-state index in [1.165, 1.54) is 6.33 Å². The molecule has 0 saturated heterocycles. The van der Waals surface area contributed by atoms with Crippen LogP contribution in [0.1, 0.15) is 5.56 Å². The first-order valence-electron chi connectivity index (χ1n) is 4.69. The first-order valence-corrected chi connectivity index (χ1v) is 5.45. The second-order valence-corrected chi connectivity index (χ2v) is 4.05. The molecule has 5 heteroatoms. The van der Waals surface area contributed by atoms with Crippen LogP contribution >= 0.6 is 23.2 Å². The molecule has 0 fully saturated rings. The van der Waals surface area contributed by atoms with Gasteiger partial charge < -0.3 is 5.32 Å². The zero-order valence-corrected chi connectivity index (χ0v) is 9.83. The van der Waals surface area contributed by atoms with Gasteiger partial charge in [-0.15, -0.1) is 0 Å². The van der Waals surface area contributed by atoms with Crippen molar-refractivity contribution in [2.45, 2.75) is 6.54 Å². The lowest BCUT2D eigenvalue weighted by Crippen LogP contribution is -2.02. The Kier molecular flexibility index (Phi) is 3.59. The second-order valence-electron chi connectivity index (χ2n) is 3.20. The maximum atomic E-state index is 5.91. The lowest BCUT2D eigenvalue weighted by atomic mass is 10.2. The topological polar surface area (TPSA) is 37.8 Å². The number of rotatable bonds is 3. The highest BCUT2D eigenvalue weighted by Crippen LogP contribution is 2.17. The van der Waals surface area contributed by atoms with Gasteiger partial charge in [0.1, 0.15) is 17.2 Å². The Balaban J connectivity index is 2.05. The predicted octanol–water partition coefficient (Wildman–Crippen LogP) is 3.40. The molecule has 1 N–H and O–H groups in total. The van der Waals surface area contributed by atoms with Crippen LogP contribution in [0.15, 0.2) is 36.8 Å². The Morgan fingerprint density at radius 3 is 2.88 bits per heavy atom. The molecule has 0 aliphatic carbocycles. The molecule has 0 atom stereocenters. The summed E-state index contributed by atoms with van der Waals surface area (Å²) in [7, 11) is 0. The molecule has 0 aliphatic heterocycles. The molecular formula is C11H9Cl2N3. The number of hydrogen-bond acceptors (Lipinski definition) is 3. The van der Waals surface area contributed by atoms with Crippen LogP contribution in [0.5, 0.6) is 0 Å². The standard InChI is InChI=1S/C11H9Cl2N3/c12-9-3-1-2-8(4-9)5-15-11-10(13)6-14-7-16-11/h1-4,6-7H,5H2,(H,14,15,16). The number of hydrogen-bond donors (Lipinski definition) is 1. The average molecular weight is 254 g/mol. The summed E-state index contributed by atoms with van der Waals surface area (Å²) < 4.78 is 0. The van der Waals surface area contributed by atoms with Crippen LogP contribution in [0.25, 0.3) is 0 Å². The molecule has 0 radical (unpaired) electrons. The maximum Gasteiger partial charge on any atom is 0.148 e. The summed E-state index contributed by atoms with van der Waals surface area (Å²) in [5, 5.41) is 4.33. The van der Waals surface area contributed by atoms with E-state index < -0.39 is 0 Å². The number of anilines is 1. The molecule has 82 valence electrons. The Bertz CT molecular complexity index is 488. The minimum absolute atomic E-state index is 0.504. The van der Waals surface area contributed by atoms with Crippen molar-refractivity contribution in [2.24, 2.45) is 0 Å². The molecule has 16 heavy (non-hydrogen) atoms. The molecular weight excluding hydrogens is 245 g/mol. The van der Waals surface area contributed by atoms with E-state index in [0.717, 1.165) is 5.56 Å². The van der Waals surface area contributed by atoms with Gasteiger partial charge >= 0.3 is 0 Å². The van der Waals surface area contributed by atoms with Gasteiger partial charge in [0, 0.05) is 11.6 Å². The Labute approximate surface area is 103 Å². The normalized spacial score (nSPS) is 10.1. The quantitative estimate of drug-likeness (QED) is 0.912. The van der Waals surface area contributed by atoms with Crippen LogP contribution in [-0.4, -0.2) is 9.97 Å². The largest absolute Gasteiger partial charge is 0.365 e. The van der Waals surface area contributed by atoms with Gasteiger partial charge in [0.05, 0.1) is 6.20 Å². The third-order valence-electron chi connectivity index (χ3n) is 2.02. The molecule has 0 unspecified atom stereocenters. The van der Waals surface area contributed by atoms with Crippen molar-refractivity contribution in [3.63, 3.8) is 0 Å². The van der Waals surface area contributed by atoms with Crippen LogP contribution in [0, 0.1) is 0 Å². The molecule has 1 aromatic carbocycles. The fraction of sp³-hybridized carbons (Fsp3) is 0.0909. The zero-order chi connectivity index (χ0) is 11.4. The van der Waals surface area contributed by atoms with E-state index in [4.69, 9.17) is 23.2 Å². The maximum absolute atomic E-state index is 5.91. The first kappa shape index (κ1) is 11.2. The lowest BCUT2D eigenvalue weighted by molar-refractivity contribution is 1.08. The van der Waals surface area contributed by atoms with Gasteiger partial charge in [-0.25, -0.2) is 9.97 Å². The van der Waals surface area contributed by atoms with Crippen molar-refractivity contribution in [1.29, 1.82) is 0 Å². The minimum atomic E-state index is 0.504. The third kappa shape index (κ3) is 2.84. The summed E-state index contributed by atoms with van der Waals surface area (Å²) in [5.74, 6) is 0.622. The highest BCUT2D eigenvalue weighted by Gasteiger charge is 2.00. The second kappa shape index (κ2) is 5.14. The van der Waals surface area contributed by atoms with E-state index in [1.54, 1.807) is 6.20 Å². The van der Waals surface area contributed by atoms with Crippen molar-refractivity contribution in [2.75, 3.05) is 5.32 Å². The van der Waals surface area contributed by atoms with Crippen LogP contribution in [-0.2, 0) is 6.54 Å². The smallest absolute Gasteiger partial charge is 0.148 e. The molecule has 2 aromatic rings. The highest BCUT2D eigenvalue weighted by atomic mass is 35.5. The van der Waals surface area contributed by atoms with Crippen molar-refractivity contribution in [1.82, 2.24) is 9.97 Å². The molecule has 0 amide bonds. The fourth-order valence-electron chi connectivity index (χ4n) is 1.28. The molecule has 1 heterocycles. The summed E-state index contributed by atoms with van der Waals surface area (Å²) in [6.45, 7) is 0.622. The van der Waals surface area contributed by atoms with Crippen molar-refractivity contribution >= 4 is 29.0 Å². The Hall–Kier alpha value is -1.32. The number of benzene rings is 1. The van der Waals surface area contributed by atoms with Crippen molar-refractivity contribution in [3.05, 3.63) is 52.4 Å². The van der Waals surface area contributed by atoms with Gasteiger partial charge in [0.25, 0.3) is 0 Å². The predicted molar refractivity (Wildman–Crippen MR) is 65.8 cm³/mol. The fourth-order valence-corrected chi connectivity index (χ4v) is 1.66. The third-order valence-corrected chi connectivity index (χ3v) is 2.53. The molecule has 0 bridgehead atoms. The van der Waals surface area contributed by atoms with Crippen LogP contribution in [0.3, 0.4) is 0 Å². The summed E-state index contributed by atoms with van der Waals surface area (Å²) >= 11 is 11.8. The molecule has 3 nitrogen and oxygen atoms in total. The highest BCUT2D eigenvalue weighted by molar-refractivity contribution is 6.32. The Morgan fingerprint density at radius 1 is 1.25 bits per heavy atom. The molecule has 0 aliphatic rings. The summed E-state index contributed by atoms with van der Waals surface area (Å²) in [4.78, 5) is 7.84. The van der Waals surface area contributed by atoms with Gasteiger partial charge in [-0.3, -0.25) is 0 Å². The van der Waals surface area contributed by atoms with Gasteiger partial charge in [0.2, 0.25) is 0 Å². The molecule has 0 saturated carbocycles. The number of nitrogens with one attached hydrogen (secondary N) is 1. The SMILES string of the molecule is Clc1cccc(CNc2ncncc2Cl)c1. The van der Waals surface area contributed by atoms with Crippen LogP contribution in [0.4, 0.5) is 5.82 Å². The lowest BCUT2D eigenvalue weighted by Gasteiger charge is -2.06. The van der Waals surface area contributed by atoms with E-state index in [9.17, 15) is 0 Å². The van der Waals surface area contributed by atoms with E-state index in [-0.39, 0.29) is 0 Å². The van der Waals surface area contributed by atoms with E-state index in [1.807, 2.05) is 24.3 Å².